The van der Waals surface area contributed by atoms with Crippen molar-refractivity contribution in [3.63, 3.8) is 0 Å². The zero-order valence-corrected chi connectivity index (χ0v) is 10.6. The molecule has 1 aromatic carbocycles. The first-order valence-corrected chi connectivity index (χ1v) is 5.93. The number of aromatic nitrogens is 3. The van der Waals surface area contributed by atoms with Crippen molar-refractivity contribution in [3.8, 4) is 6.07 Å². The summed E-state index contributed by atoms with van der Waals surface area (Å²) in [5.74, 6) is 0.821. The number of hydrogen-bond donors (Lipinski definition) is 1. The van der Waals surface area contributed by atoms with Gasteiger partial charge in [0.15, 0.2) is 5.82 Å². The van der Waals surface area contributed by atoms with Gasteiger partial charge in [0, 0.05) is 6.54 Å². The second kappa shape index (κ2) is 5.52. The van der Waals surface area contributed by atoms with Crippen LogP contribution in [-0.4, -0.2) is 14.8 Å². The van der Waals surface area contributed by atoms with Crippen LogP contribution in [0.1, 0.15) is 18.3 Å². The van der Waals surface area contributed by atoms with Gasteiger partial charge in [-0.2, -0.15) is 5.26 Å². The Kier molecular flexibility index (Phi) is 3.80. The molecule has 2 rings (SSSR count). The first-order chi connectivity index (χ1) is 8.76. The molecule has 0 radical (unpaired) electrons. The maximum absolute atomic E-state index is 9.05. The molecule has 0 aliphatic rings. The van der Waals surface area contributed by atoms with Crippen LogP contribution in [0, 0.1) is 11.3 Å². The fourth-order valence-corrected chi connectivity index (χ4v) is 1.86. The van der Waals surface area contributed by atoms with Crippen molar-refractivity contribution in [2.45, 2.75) is 20.0 Å². The van der Waals surface area contributed by atoms with Crippen molar-refractivity contribution in [2.75, 3.05) is 5.32 Å². The van der Waals surface area contributed by atoms with E-state index in [1.165, 1.54) is 0 Å². The molecule has 0 fully saturated rings. The van der Waals surface area contributed by atoms with Gasteiger partial charge in [-0.15, -0.1) is 10.2 Å². The Morgan fingerprint density at radius 1 is 1.50 bits per heavy atom. The number of benzene rings is 1. The van der Waals surface area contributed by atoms with E-state index in [1.54, 1.807) is 18.5 Å². The first kappa shape index (κ1) is 12.4. The number of nitriles is 1. The average molecular weight is 262 g/mol. The van der Waals surface area contributed by atoms with Gasteiger partial charge in [-0.25, -0.2) is 0 Å². The zero-order valence-electron chi connectivity index (χ0n) is 9.89. The molecule has 0 atom stereocenters. The summed E-state index contributed by atoms with van der Waals surface area (Å²) in [5.41, 5.74) is 1.15. The summed E-state index contributed by atoms with van der Waals surface area (Å²) in [4.78, 5) is 0. The lowest BCUT2D eigenvalue weighted by atomic mass is 10.2. The lowest BCUT2D eigenvalue weighted by Gasteiger charge is -2.09. The fourth-order valence-electron chi connectivity index (χ4n) is 1.64. The molecule has 0 bridgehead atoms. The Bertz CT molecular complexity index is 584. The smallest absolute Gasteiger partial charge is 0.152 e. The number of anilines is 1. The van der Waals surface area contributed by atoms with Crippen molar-refractivity contribution in [2.24, 2.45) is 0 Å². The van der Waals surface area contributed by atoms with Gasteiger partial charge < -0.3 is 9.88 Å². The number of halogens is 1. The Morgan fingerprint density at radius 3 is 3.06 bits per heavy atom. The van der Waals surface area contributed by atoms with Gasteiger partial charge in [-0.1, -0.05) is 17.7 Å². The lowest BCUT2D eigenvalue weighted by molar-refractivity contribution is 0.708. The first-order valence-electron chi connectivity index (χ1n) is 5.55. The molecule has 0 aliphatic carbocycles. The minimum Gasteiger partial charge on any atom is -0.377 e. The number of hydrogen-bond acceptors (Lipinski definition) is 4. The number of nitrogens with zero attached hydrogens (tertiary/aromatic N) is 4. The SMILES string of the molecule is CCn1cnnc1CNc1cccc(Cl)c1C#N. The molecule has 0 saturated heterocycles. The van der Waals surface area contributed by atoms with E-state index in [0.717, 1.165) is 12.4 Å². The summed E-state index contributed by atoms with van der Waals surface area (Å²) in [6, 6.07) is 7.40. The lowest BCUT2D eigenvalue weighted by Crippen LogP contribution is -2.08. The molecule has 5 nitrogen and oxygen atoms in total. The fraction of sp³-hybridized carbons (Fsp3) is 0.250. The Balaban J connectivity index is 2.16. The van der Waals surface area contributed by atoms with Crippen LogP contribution in [0.2, 0.25) is 5.02 Å². The van der Waals surface area contributed by atoms with Crippen LogP contribution in [0.25, 0.3) is 0 Å². The van der Waals surface area contributed by atoms with Gasteiger partial charge >= 0.3 is 0 Å². The van der Waals surface area contributed by atoms with Gasteiger partial charge in [0.2, 0.25) is 0 Å². The van der Waals surface area contributed by atoms with Crippen molar-refractivity contribution in [1.82, 2.24) is 14.8 Å². The molecule has 0 aliphatic heterocycles. The second-order valence-electron chi connectivity index (χ2n) is 3.66. The number of aryl methyl sites for hydroxylation is 1. The van der Waals surface area contributed by atoms with Gasteiger partial charge in [0.1, 0.15) is 12.4 Å². The topological polar surface area (TPSA) is 66.5 Å². The van der Waals surface area contributed by atoms with Gasteiger partial charge in [0.05, 0.1) is 22.8 Å². The van der Waals surface area contributed by atoms with Crippen molar-refractivity contribution < 1.29 is 0 Å². The van der Waals surface area contributed by atoms with Crippen molar-refractivity contribution in [3.05, 3.63) is 40.9 Å². The zero-order chi connectivity index (χ0) is 13.0. The van der Waals surface area contributed by atoms with Crippen LogP contribution in [0.4, 0.5) is 5.69 Å². The quantitative estimate of drug-likeness (QED) is 0.918. The Hall–Kier alpha value is -2.06. The molecule has 0 unspecified atom stereocenters. The van der Waals surface area contributed by atoms with E-state index < -0.39 is 0 Å². The highest BCUT2D eigenvalue weighted by atomic mass is 35.5. The summed E-state index contributed by atoms with van der Waals surface area (Å²) in [6.07, 6.45) is 1.68. The molecule has 6 heteroatoms. The molecule has 1 heterocycles. The molecule has 1 aromatic heterocycles. The molecule has 0 amide bonds. The monoisotopic (exact) mass is 261 g/mol. The molecule has 92 valence electrons. The van der Waals surface area contributed by atoms with Crippen molar-refractivity contribution >= 4 is 17.3 Å². The molecule has 0 spiro atoms. The van der Waals surface area contributed by atoms with Crippen LogP contribution in [0.3, 0.4) is 0 Å². The van der Waals surface area contributed by atoms with E-state index in [9.17, 15) is 0 Å². The molecular formula is C12H12ClN5. The van der Waals surface area contributed by atoms with E-state index in [1.807, 2.05) is 17.6 Å². The van der Waals surface area contributed by atoms with Gasteiger partial charge in [-0.05, 0) is 19.1 Å². The molecule has 18 heavy (non-hydrogen) atoms. The Labute approximate surface area is 110 Å². The highest BCUT2D eigenvalue weighted by molar-refractivity contribution is 6.32. The number of nitrogens with one attached hydrogen (secondary N) is 1. The third-order valence-electron chi connectivity index (χ3n) is 2.60. The third kappa shape index (κ3) is 2.44. The van der Waals surface area contributed by atoms with Crippen LogP contribution < -0.4 is 5.32 Å². The summed E-state index contributed by atoms with van der Waals surface area (Å²) in [6.45, 7) is 3.33. The van der Waals surface area contributed by atoms with E-state index in [4.69, 9.17) is 16.9 Å². The highest BCUT2D eigenvalue weighted by Gasteiger charge is 2.07. The van der Waals surface area contributed by atoms with E-state index >= 15 is 0 Å². The summed E-state index contributed by atoms with van der Waals surface area (Å²) in [5, 5.41) is 20.5. The van der Waals surface area contributed by atoms with Crippen molar-refractivity contribution in [1.29, 1.82) is 5.26 Å². The van der Waals surface area contributed by atoms with E-state index in [0.29, 0.717) is 22.8 Å². The predicted octanol–water partition coefficient (Wildman–Crippen LogP) is 2.44. The maximum atomic E-state index is 9.05. The number of rotatable bonds is 4. The van der Waals surface area contributed by atoms with Crippen LogP contribution >= 0.6 is 11.6 Å². The minimum atomic E-state index is 0.444. The summed E-state index contributed by atoms with van der Waals surface area (Å²) < 4.78 is 1.93. The normalized spacial score (nSPS) is 10.1. The van der Waals surface area contributed by atoms with Crippen LogP contribution in [-0.2, 0) is 13.1 Å². The average Bonchev–Trinajstić information content (AvgIpc) is 2.83. The highest BCUT2D eigenvalue weighted by Crippen LogP contribution is 2.23. The third-order valence-corrected chi connectivity index (χ3v) is 2.91. The standard InChI is InChI=1S/C12H12ClN5/c1-2-18-8-16-17-12(18)7-15-11-5-3-4-10(13)9(11)6-14/h3-5,8,15H,2,7H2,1H3. The van der Waals surface area contributed by atoms with Crippen LogP contribution in [0.5, 0.6) is 0 Å². The largest absolute Gasteiger partial charge is 0.377 e. The molecule has 1 N–H and O–H groups in total. The Morgan fingerprint density at radius 2 is 2.33 bits per heavy atom. The summed E-state index contributed by atoms with van der Waals surface area (Å²) in [7, 11) is 0. The maximum Gasteiger partial charge on any atom is 0.152 e. The van der Waals surface area contributed by atoms with Gasteiger partial charge in [0.25, 0.3) is 0 Å². The minimum absolute atomic E-state index is 0.444. The second-order valence-corrected chi connectivity index (χ2v) is 4.07. The van der Waals surface area contributed by atoms with E-state index in [2.05, 4.69) is 21.6 Å². The molecule has 0 saturated carbocycles. The van der Waals surface area contributed by atoms with Crippen LogP contribution in [0.15, 0.2) is 24.5 Å². The predicted molar refractivity (Wildman–Crippen MR) is 69.2 cm³/mol. The van der Waals surface area contributed by atoms with Gasteiger partial charge in [-0.3, -0.25) is 0 Å². The summed E-state index contributed by atoms with van der Waals surface area (Å²) >= 11 is 5.95. The molecular weight excluding hydrogens is 250 g/mol. The van der Waals surface area contributed by atoms with E-state index in [-0.39, 0.29) is 0 Å². The molecule has 2 aromatic rings.